The van der Waals surface area contributed by atoms with Gasteiger partial charge in [0.25, 0.3) is 0 Å². The van der Waals surface area contributed by atoms with E-state index in [2.05, 4.69) is 10.2 Å². The van der Waals surface area contributed by atoms with Gasteiger partial charge in [-0.25, -0.2) is 4.39 Å². The third-order valence-electron chi connectivity index (χ3n) is 3.52. The first kappa shape index (κ1) is 16.9. The molecule has 1 amide bonds. The molecule has 1 unspecified atom stereocenters. The highest BCUT2D eigenvalue weighted by atomic mass is 32.2. The third-order valence-corrected chi connectivity index (χ3v) is 5.66. The third kappa shape index (κ3) is 3.91. The van der Waals surface area contributed by atoms with Crippen molar-refractivity contribution >= 4 is 40.4 Å². The van der Waals surface area contributed by atoms with Crippen molar-refractivity contribution < 1.29 is 9.18 Å². The van der Waals surface area contributed by atoms with Gasteiger partial charge in [0.2, 0.25) is 5.91 Å². The smallest absolute Gasteiger partial charge is 0.242 e. The number of thioether (sulfide) groups is 1. The molecule has 1 fully saturated rings. The van der Waals surface area contributed by atoms with Crippen LogP contribution >= 0.6 is 23.1 Å². The molecule has 0 N–H and O–H groups in total. The Labute approximate surface area is 148 Å². The van der Waals surface area contributed by atoms with E-state index in [-0.39, 0.29) is 17.0 Å². The fourth-order valence-electron chi connectivity index (χ4n) is 2.26. The summed E-state index contributed by atoms with van der Waals surface area (Å²) in [6.07, 6.45) is 2.41. The summed E-state index contributed by atoms with van der Waals surface area (Å²) < 4.78 is 13.0. The Balaban J connectivity index is 1.79. The molecule has 1 atom stereocenters. The molecule has 1 aliphatic heterocycles. The first-order valence-electron chi connectivity index (χ1n) is 7.54. The summed E-state index contributed by atoms with van der Waals surface area (Å²) in [6.45, 7) is 2.35. The Bertz CT molecular complexity index is 757. The van der Waals surface area contributed by atoms with Crippen LogP contribution in [0.1, 0.15) is 23.8 Å². The number of nitrogens with zero attached hydrogens (tertiary/aromatic N) is 3. The number of thiophene rings is 1. The van der Waals surface area contributed by atoms with Crippen LogP contribution in [0, 0.1) is 5.82 Å². The van der Waals surface area contributed by atoms with Gasteiger partial charge in [0.05, 0.1) is 18.0 Å². The van der Waals surface area contributed by atoms with Gasteiger partial charge < -0.3 is 0 Å². The monoisotopic (exact) mass is 361 g/mol. The second kappa shape index (κ2) is 7.72. The molecule has 0 bridgehead atoms. The average molecular weight is 361 g/mol. The van der Waals surface area contributed by atoms with Crippen LogP contribution in [0.5, 0.6) is 0 Å². The predicted molar refractivity (Wildman–Crippen MR) is 98.0 cm³/mol. The molecular weight excluding hydrogens is 345 g/mol. The van der Waals surface area contributed by atoms with Crippen molar-refractivity contribution in [1.29, 1.82) is 0 Å². The van der Waals surface area contributed by atoms with Crippen LogP contribution in [-0.4, -0.2) is 27.4 Å². The topological polar surface area (TPSA) is 45.0 Å². The summed E-state index contributed by atoms with van der Waals surface area (Å²) in [7, 11) is 0. The Morgan fingerprint density at radius 3 is 2.75 bits per heavy atom. The van der Waals surface area contributed by atoms with Crippen molar-refractivity contribution in [2.75, 3.05) is 0 Å². The maximum atomic E-state index is 13.0. The van der Waals surface area contributed by atoms with Gasteiger partial charge in [0, 0.05) is 4.88 Å². The second-order valence-electron chi connectivity index (χ2n) is 5.21. The minimum atomic E-state index is -0.290. The van der Waals surface area contributed by atoms with Crippen molar-refractivity contribution in [3.8, 4) is 0 Å². The van der Waals surface area contributed by atoms with Crippen LogP contribution in [0.25, 0.3) is 0 Å². The Morgan fingerprint density at radius 1 is 1.29 bits per heavy atom. The number of benzene rings is 1. The highest BCUT2D eigenvalue weighted by molar-refractivity contribution is 8.15. The number of hydrogen-bond acceptors (Lipinski definition) is 5. The van der Waals surface area contributed by atoms with Gasteiger partial charge >= 0.3 is 0 Å². The lowest BCUT2D eigenvalue weighted by molar-refractivity contribution is -0.126. The first-order valence-corrected chi connectivity index (χ1v) is 9.30. The molecule has 0 saturated carbocycles. The number of hydrogen-bond donors (Lipinski definition) is 0. The summed E-state index contributed by atoms with van der Waals surface area (Å²) >= 11 is 3.00. The maximum Gasteiger partial charge on any atom is 0.242 e. The largest absolute Gasteiger partial charge is 0.284 e. The molecule has 3 rings (SSSR count). The zero-order valence-electron chi connectivity index (χ0n) is 13.1. The van der Waals surface area contributed by atoms with Crippen molar-refractivity contribution in [2.24, 2.45) is 10.2 Å². The lowest BCUT2D eigenvalue weighted by Crippen LogP contribution is -2.31. The molecule has 24 heavy (non-hydrogen) atoms. The van der Waals surface area contributed by atoms with E-state index < -0.39 is 0 Å². The maximum absolute atomic E-state index is 13.0. The zero-order valence-corrected chi connectivity index (χ0v) is 14.7. The molecule has 0 spiro atoms. The standard InChI is InChI=1S/C17H16FN3OS2/c1-2-15-16(22)21(11-12-5-7-13(18)8-6-12)17(24-15)20-19-10-14-4-3-9-23-14/h3-10,15H,2,11H2,1H3/b19-10+,20-17+. The van der Waals surface area contributed by atoms with Crippen molar-refractivity contribution in [3.63, 3.8) is 0 Å². The molecule has 1 saturated heterocycles. The highest BCUT2D eigenvalue weighted by Gasteiger charge is 2.36. The molecule has 0 radical (unpaired) electrons. The molecule has 2 heterocycles. The van der Waals surface area contributed by atoms with Crippen LogP contribution in [0.3, 0.4) is 0 Å². The van der Waals surface area contributed by atoms with Gasteiger partial charge in [-0.05, 0) is 35.6 Å². The van der Waals surface area contributed by atoms with E-state index in [1.807, 2.05) is 24.4 Å². The van der Waals surface area contributed by atoms with Crippen LogP contribution in [0.2, 0.25) is 0 Å². The van der Waals surface area contributed by atoms with E-state index in [0.29, 0.717) is 11.7 Å². The van der Waals surface area contributed by atoms with Gasteiger partial charge in [-0.15, -0.1) is 16.4 Å². The van der Waals surface area contributed by atoms with E-state index in [9.17, 15) is 9.18 Å². The van der Waals surface area contributed by atoms with Gasteiger partial charge in [-0.3, -0.25) is 9.69 Å². The quantitative estimate of drug-likeness (QED) is 0.594. The lowest BCUT2D eigenvalue weighted by atomic mass is 10.2. The number of amides is 1. The van der Waals surface area contributed by atoms with E-state index in [1.54, 1.807) is 34.6 Å². The molecule has 4 nitrogen and oxygen atoms in total. The summed E-state index contributed by atoms with van der Waals surface area (Å²) in [6, 6.07) is 10.0. The molecule has 2 aromatic rings. The van der Waals surface area contributed by atoms with Crippen molar-refractivity contribution in [2.45, 2.75) is 25.1 Å². The average Bonchev–Trinajstić information content (AvgIpc) is 3.20. The SMILES string of the molecule is CCC1S/C(=N/N=C/c2cccs2)N(Cc2ccc(F)cc2)C1=O. The predicted octanol–water partition coefficient (Wildman–Crippen LogP) is 4.13. The van der Waals surface area contributed by atoms with E-state index in [0.717, 1.165) is 16.9 Å². The first-order chi connectivity index (χ1) is 11.7. The Morgan fingerprint density at radius 2 is 2.08 bits per heavy atom. The summed E-state index contributed by atoms with van der Waals surface area (Å²) in [5.74, 6) is -0.265. The fourth-order valence-corrected chi connectivity index (χ4v) is 3.87. The van der Waals surface area contributed by atoms with Gasteiger partial charge in [0.1, 0.15) is 5.82 Å². The normalized spacial score (nSPS) is 19.8. The lowest BCUT2D eigenvalue weighted by Gasteiger charge is -2.15. The van der Waals surface area contributed by atoms with Crippen molar-refractivity contribution in [1.82, 2.24) is 4.90 Å². The van der Waals surface area contributed by atoms with Gasteiger partial charge in [0.15, 0.2) is 5.17 Å². The zero-order chi connectivity index (χ0) is 16.9. The molecule has 1 aliphatic rings. The summed E-state index contributed by atoms with van der Waals surface area (Å²) in [5.41, 5.74) is 0.858. The van der Waals surface area contributed by atoms with Gasteiger partial charge in [-0.2, -0.15) is 5.10 Å². The summed E-state index contributed by atoms with van der Waals surface area (Å²) in [5, 5.41) is 10.7. The molecule has 1 aromatic heterocycles. The number of halogens is 1. The van der Waals surface area contributed by atoms with E-state index in [1.165, 1.54) is 23.9 Å². The number of carbonyl (C=O) groups is 1. The molecule has 7 heteroatoms. The van der Waals surface area contributed by atoms with E-state index >= 15 is 0 Å². The van der Waals surface area contributed by atoms with Gasteiger partial charge in [-0.1, -0.05) is 36.9 Å². The number of carbonyl (C=O) groups excluding carboxylic acids is 1. The molecule has 1 aromatic carbocycles. The second-order valence-corrected chi connectivity index (χ2v) is 7.36. The van der Waals surface area contributed by atoms with Crippen molar-refractivity contribution in [3.05, 3.63) is 58.0 Å². The molecule has 0 aliphatic carbocycles. The van der Waals surface area contributed by atoms with Crippen LogP contribution in [0.15, 0.2) is 52.0 Å². The van der Waals surface area contributed by atoms with Crippen LogP contribution < -0.4 is 0 Å². The fraction of sp³-hybridized carbons (Fsp3) is 0.235. The minimum Gasteiger partial charge on any atom is -0.284 e. The van der Waals surface area contributed by atoms with Crippen LogP contribution in [-0.2, 0) is 11.3 Å². The highest BCUT2D eigenvalue weighted by Crippen LogP contribution is 2.30. The minimum absolute atomic E-state index is 0.0249. The number of rotatable bonds is 5. The molecule has 124 valence electrons. The number of amidine groups is 1. The summed E-state index contributed by atoms with van der Waals surface area (Å²) in [4.78, 5) is 15.1. The Hall–Kier alpha value is -1.99. The Kier molecular flexibility index (Phi) is 5.42. The van der Waals surface area contributed by atoms with E-state index in [4.69, 9.17) is 0 Å². The molecular formula is C17H16FN3OS2. The van der Waals surface area contributed by atoms with Crippen LogP contribution in [0.4, 0.5) is 4.39 Å².